The van der Waals surface area contributed by atoms with E-state index in [9.17, 15) is 4.79 Å². The smallest absolute Gasteiger partial charge is 0.153 e. The molecule has 1 aromatic carbocycles. The Hall–Kier alpha value is -0.960. The molecule has 1 heterocycles. The van der Waals surface area contributed by atoms with Crippen LogP contribution in [0.3, 0.4) is 0 Å². The number of carbonyl (C=O) groups is 1. The zero-order chi connectivity index (χ0) is 11.1. The minimum Gasteiger partial charge on any atom is -0.476 e. The average molecular weight is 222 g/mol. The number of benzene rings is 1. The molecule has 1 aromatic rings. The van der Waals surface area contributed by atoms with Crippen LogP contribution in [0.2, 0.25) is 0 Å². The third kappa shape index (κ3) is 2.34. The summed E-state index contributed by atoms with van der Waals surface area (Å²) in [7, 11) is 0. The molecule has 1 aliphatic heterocycles. The van der Waals surface area contributed by atoms with Gasteiger partial charge in [0.15, 0.2) is 4.93 Å². The summed E-state index contributed by atoms with van der Waals surface area (Å²) in [4.78, 5) is 12.0. The van der Waals surface area contributed by atoms with Crippen molar-refractivity contribution in [3.63, 3.8) is 0 Å². The normalized spacial score (nSPS) is 17.0. The van der Waals surface area contributed by atoms with Gasteiger partial charge >= 0.3 is 0 Å². The van der Waals surface area contributed by atoms with Gasteiger partial charge in [-0.3, -0.25) is 4.79 Å². The van der Waals surface area contributed by atoms with Crippen molar-refractivity contribution in [2.24, 2.45) is 0 Å². The van der Waals surface area contributed by atoms with Gasteiger partial charge in [-0.2, -0.15) is 0 Å². The van der Waals surface area contributed by atoms with E-state index in [-0.39, 0.29) is 10.7 Å². The lowest BCUT2D eigenvalue weighted by atomic mass is 10.1. The van der Waals surface area contributed by atoms with E-state index in [1.165, 1.54) is 0 Å². The van der Waals surface area contributed by atoms with Crippen LogP contribution in [-0.2, 0) is 11.2 Å². The van der Waals surface area contributed by atoms with Crippen molar-refractivity contribution in [2.45, 2.75) is 37.0 Å². The van der Waals surface area contributed by atoms with E-state index < -0.39 is 0 Å². The molecule has 15 heavy (non-hydrogen) atoms. The van der Waals surface area contributed by atoms with Crippen LogP contribution in [0.25, 0.3) is 0 Å². The zero-order valence-corrected chi connectivity index (χ0v) is 9.98. The molecule has 0 bridgehead atoms. The first-order chi connectivity index (χ1) is 6.96. The van der Waals surface area contributed by atoms with Crippen LogP contribution in [0, 0.1) is 0 Å². The Morgan fingerprint density at radius 3 is 2.87 bits per heavy atom. The maximum Gasteiger partial charge on any atom is 0.153 e. The molecule has 0 atom stereocenters. The Bertz CT molecular complexity index is 410. The molecule has 0 spiro atoms. The fraction of sp³-hybridized carbons (Fsp3) is 0.417. The van der Waals surface area contributed by atoms with Crippen LogP contribution in [0.15, 0.2) is 23.1 Å². The first kappa shape index (κ1) is 10.6. The van der Waals surface area contributed by atoms with Crippen LogP contribution in [-0.4, -0.2) is 10.7 Å². The molecule has 2 nitrogen and oxygen atoms in total. The first-order valence-corrected chi connectivity index (χ1v) is 5.78. The molecule has 0 radical (unpaired) electrons. The van der Waals surface area contributed by atoms with Crippen molar-refractivity contribution in [3.8, 4) is 5.75 Å². The van der Waals surface area contributed by atoms with E-state index >= 15 is 0 Å². The summed E-state index contributed by atoms with van der Waals surface area (Å²) in [6, 6.07) is 6.00. The third-order valence-electron chi connectivity index (χ3n) is 2.17. The van der Waals surface area contributed by atoms with Gasteiger partial charge in [0.05, 0.1) is 4.90 Å². The number of Topliss-reactive ketones (excluding diaryl/α,β-unsaturated/α-hetero) is 1. The number of fused-ring (bicyclic) bond motifs is 1. The van der Waals surface area contributed by atoms with Crippen molar-refractivity contribution in [1.29, 1.82) is 0 Å². The van der Waals surface area contributed by atoms with E-state index in [0.717, 1.165) is 16.2 Å². The van der Waals surface area contributed by atoms with Gasteiger partial charge < -0.3 is 4.74 Å². The molecule has 3 heteroatoms. The molecule has 0 fully saturated rings. The Labute approximate surface area is 94.0 Å². The number of ketones is 1. The van der Waals surface area contributed by atoms with Crippen molar-refractivity contribution in [1.82, 2.24) is 0 Å². The SMILES string of the molecule is CC(=O)Cc1ccc2c(c1)OC(C)(C)S2. The molecule has 0 saturated carbocycles. The highest BCUT2D eigenvalue weighted by Crippen LogP contribution is 2.47. The molecule has 0 aromatic heterocycles. The third-order valence-corrected chi connectivity index (χ3v) is 3.30. The van der Waals surface area contributed by atoms with Gasteiger partial charge in [0, 0.05) is 6.42 Å². The van der Waals surface area contributed by atoms with E-state index in [4.69, 9.17) is 4.74 Å². The fourth-order valence-corrected chi connectivity index (χ4v) is 2.66. The molecule has 0 unspecified atom stereocenters. The Morgan fingerprint density at radius 2 is 2.20 bits per heavy atom. The highest BCUT2D eigenvalue weighted by molar-refractivity contribution is 8.00. The molecular weight excluding hydrogens is 208 g/mol. The first-order valence-electron chi connectivity index (χ1n) is 4.97. The predicted octanol–water partition coefficient (Wildman–Crippen LogP) is 3.04. The summed E-state index contributed by atoms with van der Waals surface area (Å²) in [5.74, 6) is 1.09. The average Bonchev–Trinajstić information content (AvgIpc) is 2.36. The standard InChI is InChI=1S/C12H14O2S/c1-8(13)6-9-4-5-11-10(7-9)14-12(2,3)15-11/h4-5,7H,6H2,1-3H3. The van der Waals surface area contributed by atoms with Crippen molar-refractivity contribution in [2.75, 3.05) is 0 Å². The number of rotatable bonds is 2. The summed E-state index contributed by atoms with van der Waals surface area (Å²) >= 11 is 1.71. The highest BCUT2D eigenvalue weighted by Gasteiger charge is 2.30. The fourth-order valence-electron chi connectivity index (χ4n) is 1.66. The van der Waals surface area contributed by atoms with Crippen molar-refractivity contribution in [3.05, 3.63) is 23.8 Å². The lowest BCUT2D eigenvalue weighted by Crippen LogP contribution is -2.18. The molecular formula is C12H14O2S. The van der Waals surface area contributed by atoms with Crippen molar-refractivity contribution < 1.29 is 9.53 Å². The van der Waals surface area contributed by atoms with Crippen LogP contribution in [0.4, 0.5) is 0 Å². The number of carbonyl (C=O) groups excluding carboxylic acids is 1. The summed E-state index contributed by atoms with van der Waals surface area (Å²) < 4.78 is 5.77. The quantitative estimate of drug-likeness (QED) is 0.769. The van der Waals surface area contributed by atoms with Crippen LogP contribution in [0.5, 0.6) is 5.75 Å². The zero-order valence-electron chi connectivity index (χ0n) is 9.16. The van der Waals surface area contributed by atoms with E-state index in [2.05, 4.69) is 0 Å². The predicted molar refractivity (Wildman–Crippen MR) is 61.4 cm³/mol. The second kappa shape index (κ2) is 3.56. The second-order valence-electron chi connectivity index (χ2n) is 4.26. The van der Waals surface area contributed by atoms with Gasteiger partial charge in [0.2, 0.25) is 0 Å². The second-order valence-corrected chi connectivity index (χ2v) is 5.89. The van der Waals surface area contributed by atoms with Gasteiger partial charge in [-0.1, -0.05) is 17.8 Å². The Balaban J connectivity index is 2.26. The highest BCUT2D eigenvalue weighted by atomic mass is 32.2. The maximum absolute atomic E-state index is 11.0. The van der Waals surface area contributed by atoms with E-state index in [0.29, 0.717) is 6.42 Å². The summed E-state index contributed by atoms with van der Waals surface area (Å²) in [5, 5.41) is 0. The minimum absolute atomic E-state index is 0.180. The molecule has 2 rings (SSSR count). The molecule has 0 saturated heterocycles. The van der Waals surface area contributed by atoms with Gasteiger partial charge in [-0.25, -0.2) is 0 Å². The molecule has 0 aliphatic carbocycles. The van der Waals surface area contributed by atoms with Gasteiger partial charge in [-0.15, -0.1) is 0 Å². The number of hydrogen-bond donors (Lipinski definition) is 0. The van der Waals surface area contributed by atoms with Gasteiger partial charge in [-0.05, 0) is 38.5 Å². The summed E-state index contributed by atoms with van der Waals surface area (Å²) in [6.07, 6.45) is 0.488. The molecule has 1 aliphatic rings. The Morgan fingerprint density at radius 1 is 1.47 bits per heavy atom. The number of thioether (sulfide) groups is 1. The molecule has 80 valence electrons. The number of ether oxygens (including phenoxy) is 1. The van der Waals surface area contributed by atoms with Crippen LogP contribution >= 0.6 is 11.8 Å². The summed E-state index contributed by atoms with van der Waals surface area (Å²) in [6.45, 7) is 5.69. The summed E-state index contributed by atoms with van der Waals surface area (Å²) in [5.41, 5.74) is 1.03. The van der Waals surface area contributed by atoms with Gasteiger partial charge in [0.1, 0.15) is 11.5 Å². The Kier molecular flexibility index (Phi) is 2.51. The topological polar surface area (TPSA) is 26.3 Å². The molecule has 0 amide bonds. The van der Waals surface area contributed by atoms with E-state index in [1.807, 2.05) is 32.0 Å². The molecule has 0 N–H and O–H groups in total. The lowest BCUT2D eigenvalue weighted by molar-refractivity contribution is -0.116. The maximum atomic E-state index is 11.0. The largest absolute Gasteiger partial charge is 0.476 e. The lowest BCUT2D eigenvalue weighted by Gasteiger charge is -2.15. The minimum atomic E-state index is -0.183. The van der Waals surface area contributed by atoms with E-state index in [1.54, 1.807) is 18.7 Å². The van der Waals surface area contributed by atoms with Crippen molar-refractivity contribution >= 4 is 17.5 Å². The van der Waals surface area contributed by atoms with Crippen LogP contribution < -0.4 is 4.74 Å². The van der Waals surface area contributed by atoms with Crippen LogP contribution in [0.1, 0.15) is 26.3 Å². The van der Waals surface area contributed by atoms with Gasteiger partial charge in [0.25, 0.3) is 0 Å². The monoisotopic (exact) mass is 222 g/mol. The number of hydrogen-bond acceptors (Lipinski definition) is 3.